The number of ether oxygens (including phenoxy) is 1. The molecule has 2 unspecified atom stereocenters. The van der Waals surface area contributed by atoms with Crippen LogP contribution in [0.25, 0.3) is 0 Å². The Hall–Kier alpha value is -1.32. The molecule has 2 atom stereocenters. The van der Waals surface area contributed by atoms with Crippen LogP contribution in [0.2, 0.25) is 0 Å². The van der Waals surface area contributed by atoms with Crippen LogP contribution in [0.15, 0.2) is 30.9 Å². The van der Waals surface area contributed by atoms with Gasteiger partial charge in [0.25, 0.3) is 0 Å². The molecule has 0 saturated carbocycles. The summed E-state index contributed by atoms with van der Waals surface area (Å²) in [5, 5.41) is 12.9. The topological polar surface area (TPSA) is 41.5 Å². The summed E-state index contributed by atoms with van der Waals surface area (Å²) in [4.78, 5) is 0. The minimum Gasteiger partial charge on any atom is -0.491 e. The van der Waals surface area contributed by atoms with Gasteiger partial charge in [0.1, 0.15) is 18.5 Å². The molecule has 2 N–H and O–H groups in total. The minimum atomic E-state index is -0.520. The Morgan fingerprint density at radius 1 is 1.33 bits per heavy atom. The van der Waals surface area contributed by atoms with E-state index in [1.165, 1.54) is 0 Å². The number of rotatable bonds is 7. The van der Waals surface area contributed by atoms with E-state index >= 15 is 0 Å². The van der Waals surface area contributed by atoms with E-state index in [9.17, 15) is 5.11 Å². The fourth-order valence-electron chi connectivity index (χ4n) is 1.67. The van der Waals surface area contributed by atoms with Crippen LogP contribution in [0.1, 0.15) is 18.1 Å². The molecule has 1 aromatic rings. The Bertz CT molecular complexity index is 370. The zero-order valence-electron chi connectivity index (χ0n) is 11.4. The number of hydrogen-bond acceptors (Lipinski definition) is 3. The second-order valence-electron chi connectivity index (χ2n) is 4.72. The largest absolute Gasteiger partial charge is 0.491 e. The molecule has 0 radical (unpaired) electrons. The summed E-state index contributed by atoms with van der Waals surface area (Å²) in [5.41, 5.74) is 2.33. The van der Waals surface area contributed by atoms with Crippen molar-refractivity contribution in [3.05, 3.63) is 42.0 Å². The second kappa shape index (κ2) is 7.19. The highest BCUT2D eigenvalue weighted by molar-refractivity contribution is 5.32. The Morgan fingerprint density at radius 2 is 1.94 bits per heavy atom. The molecule has 1 rings (SSSR count). The van der Waals surface area contributed by atoms with Gasteiger partial charge in [0.2, 0.25) is 0 Å². The van der Waals surface area contributed by atoms with E-state index in [4.69, 9.17) is 4.74 Å². The fourth-order valence-corrected chi connectivity index (χ4v) is 1.67. The van der Waals surface area contributed by atoms with E-state index in [1.54, 1.807) is 6.08 Å². The number of aliphatic hydroxyl groups is 1. The SMILES string of the molecule is C=CC(C)NCC(O)COc1cc(C)cc(C)c1. The fraction of sp³-hybridized carbons (Fsp3) is 0.467. The van der Waals surface area contributed by atoms with Crippen molar-refractivity contribution in [3.63, 3.8) is 0 Å². The number of aryl methyl sites for hydroxylation is 2. The summed E-state index contributed by atoms with van der Waals surface area (Å²) in [6.45, 7) is 10.5. The molecule has 3 heteroatoms. The van der Waals surface area contributed by atoms with Gasteiger partial charge in [-0.2, -0.15) is 0 Å². The first-order valence-corrected chi connectivity index (χ1v) is 6.26. The van der Waals surface area contributed by atoms with E-state index in [0.717, 1.165) is 16.9 Å². The van der Waals surface area contributed by atoms with Gasteiger partial charge in [0.15, 0.2) is 0 Å². The lowest BCUT2D eigenvalue weighted by molar-refractivity contribution is 0.105. The van der Waals surface area contributed by atoms with Crippen molar-refractivity contribution >= 4 is 0 Å². The van der Waals surface area contributed by atoms with E-state index < -0.39 is 6.10 Å². The maximum Gasteiger partial charge on any atom is 0.119 e. The van der Waals surface area contributed by atoms with Crippen molar-refractivity contribution in [3.8, 4) is 5.75 Å². The summed E-state index contributed by atoms with van der Waals surface area (Å²) in [6.07, 6.45) is 1.28. The van der Waals surface area contributed by atoms with Gasteiger partial charge in [-0.25, -0.2) is 0 Å². The molecule has 0 aliphatic rings. The Labute approximate surface area is 109 Å². The maximum absolute atomic E-state index is 9.77. The van der Waals surface area contributed by atoms with E-state index in [-0.39, 0.29) is 6.04 Å². The van der Waals surface area contributed by atoms with Crippen LogP contribution < -0.4 is 10.1 Å². The first-order valence-electron chi connectivity index (χ1n) is 6.26. The third kappa shape index (κ3) is 5.34. The number of benzene rings is 1. The molecule has 0 aliphatic carbocycles. The van der Waals surface area contributed by atoms with Crippen molar-refractivity contribution in [1.82, 2.24) is 5.32 Å². The summed E-state index contributed by atoms with van der Waals surface area (Å²) < 4.78 is 5.58. The van der Waals surface area contributed by atoms with Gasteiger partial charge in [-0.15, -0.1) is 6.58 Å². The van der Waals surface area contributed by atoms with Crippen LogP contribution in [-0.2, 0) is 0 Å². The highest BCUT2D eigenvalue weighted by Crippen LogP contribution is 2.16. The smallest absolute Gasteiger partial charge is 0.119 e. The molecule has 100 valence electrons. The number of hydrogen-bond donors (Lipinski definition) is 2. The van der Waals surface area contributed by atoms with Crippen LogP contribution in [0, 0.1) is 13.8 Å². The van der Waals surface area contributed by atoms with Gasteiger partial charge >= 0.3 is 0 Å². The van der Waals surface area contributed by atoms with Gasteiger partial charge in [0.05, 0.1) is 0 Å². The molecule has 18 heavy (non-hydrogen) atoms. The molecule has 0 bridgehead atoms. The average molecular weight is 249 g/mol. The third-order valence-corrected chi connectivity index (χ3v) is 2.67. The first-order chi connectivity index (χ1) is 8.51. The zero-order chi connectivity index (χ0) is 13.5. The molecule has 1 aromatic carbocycles. The van der Waals surface area contributed by atoms with Crippen LogP contribution in [-0.4, -0.2) is 30.4 Å². The first kappa shape index (κ1) is 14.7. The summed E-state index contributed by atoms with van der Waals surface area (Å²) in [5.74, 6) is 0.809. The maximum atomic E-state index is 9.77. The predicted octanol–water partition coefficient (Wildman–Crippen LogP) is 2.21. The van der Waals surface area contributed by atoms with Gasteiger partial charge in [-0.1, -0.05) is 12.1 Å². The van der Waals surface area contributed by atoms with Crippen LogP contribution in [0.3, 0.4) is 0 Å². The normalized spacial score (nSPS) is 14.0. The molecular weight excluding hydrogens is 226 g/mol. The predicted molar refractivity (Wildman–Crippen MR) is 75.1 cm³/mol. The van der Waals surface area contributed by atoms with Crippen LogP contribution >= 0.6 is 0 Å². The molecule has 0 aromatic heterocycles. The van der Waals surface area contributed by atoms with E-state index in [1.807, 2.05) is 32.9 Å². The lowest BCUT2D eigenvalue weighted by atomic mass is 10.1. The molecule has 0 amide bonds. The molecule has 0 heterocycles. The third-order valence-electron chi connectivity index (χ3n) is 2.67. The Kier molecular flexibility index (Phi) is 5.89. The number of nitrogens with one attached hydrogen (secondary N) is 1. The van der Waals surface area contributed by atoms with E-state index in [2.05, 4.69) is 18.0 Å². The molecular formula is C15H23NO2. The summed E-state index contributed by atoms with van der Waals surface area (Å²) >= 11 is 0. The van der Waals surface area contributed by atoms with Crippen LogP contribution in [0.4, 0.5) is 0 Å². The summed E-state index contributed by atoms with van der Waals surface area (Å²) in [6, 6.07) is 6.23. The summed E-state index contributed by atoms with van der Waals surface area (Å²) in [7, 11) is 0. The molecule has 0 aliphatic heterocycles. The Morgan fingerprint density at radius 3 is 2.50 bits per heavy atom. The van der Waals surface area contributed by atoms with Crippen molar-refractivity contribution in [2.24, 2.45) is 0 Å². The van der Waals surface area contributed by atoms with Crippen molar-refractivity contribution in [2.75, 3.05) is 13.2 Å². The zero-order valence-corrected chi connectivity index (χ0v) is 11.4. The van der Waals surface area contributed by atoms with Gasteiger partial charge in [0, 0.05) is 12.6 Å². The lowest BCUT2D eigenvalue weighted by Crippen LogP contribution is -2.35. The minimum absolute atomic E-state index is 0.195. The van der Waals surface area contributed by atoms with Gasteiger partial charge in [-0.3, -0.25) is 0 Å². The molecule has 3 nitrogen and oxygen atoms in total. The average Bonchev–Trinajstić information content (AvgIpc) is 2.32. The molecule has 0 fully saturated rings. The second-order valence-corrected chi connectivity index (χ2v) is 4.72. The van der Waals surface area contributed by atoms with Crippen molar-refractivity contribution in [1.29, 1.82) is 0 Å². The highest BCUT2D eigenvalue weighted by Gasteiger charge is 2.06. The van der Waals surface area contributed by atoms with Crippen LogP contribution in [0.5, 0.6) is 5.75 Å². The molecule has 0 spiro atoms. The van der Waals surface area contributed by atoms with Crippen molar-refractivity contribution < 1.29 is 9.84 Å². The van der Waals surface area contributed by atoms with Gasteiger partial charge < -0.3 is 15.2 Å². The van der Waals surface area contributed by atoms with Gasteiger partial charge in [-0.05, 0) is 44.0 Å². The standard InChI is InChI=1S/C15H23NO2/c1-5-13(4)16-9-14(17)10-18-15-7-11(2)6-12(3)8-15/h5-8,13-14,16-17H,1,9-10H2,2-4H3. The molecule has 0 saturated heterocycles. The highest BCUT2D eigenvalue weighted by atomic mass is 16.5. The lowest BCUT2D eigenvalue weighted by Gasteiger charge is -2.15. The number of aliphatic hydroxyl groups excluding tert-OH is 1. The quantitative estimate of drug-likeness (QED) is 0.728. The van der Waals surface area contributed by atoms with E-state index in [0.29, 0.717) is 13.2 Å². The Balaban J connectivity index is 2.37. The van der Waals surface area contributed by atoms with Crippen molar-refractivity contribution in [2.45, 2.75) is 32.9 Å². The monoisotopic (exact) mass is 249 g/mol.